The van der Waals surface area contributed by atoms with Crippen LogP contribution in [0.4, 0.5) is 17.1 Å². The third-order valence-corrected chi connectivity index (χ3v) is 4.51. The maximum Gasteiger partial charge on any atom is 0.306 e. The van der Waals surface area contributed by atoms with Crippen LogP contribution >= 0.6 is 11.6 Å². The molecule has 170 valence electrons. The number of nitrogens with one attached hydrogen (secondary N) is 2. The highest BCUT2D eigenvalue weighted by Crippen LogP contribution is 2.28. The van der Waals surface area contributed by atoms with Gasteiger partial charge >= 0.3 is 5.97 Å². The zero-order valence-corrected chi connectivity index (χ0v) is 18.2. The summed E-state index contributed by atoms with van der Waals surface area (Å²) in [4.78, 5) is 46.2. The molecule has 0 aliphatic heterocycles. The lowest BCUT2D eigenvalue weighted by atomic mass is 10.2. The molecule has 0 aromatic heterocycles. The molecular weight excluding hydrogens is 442 g/mol. The molecule has 2 N–H and O–H groups in total. The van der Waals surface area contributed by atoms with Gasteiger partial charge in [-0.1, -0.05) is 17.7 Å². The van der Waals surface area contributed by atoms with E-state index in [1.807, 2.05) is 0 Å². The van der Waals surface area contributed by atoms with E-state index in [-0.39, 0.29) is 36.5 Å². The van der Waals surface area contributed by atoms with E-state index >= 15 is 0 Å². The molecule has 0 aliphatic rings. The van der Waals surface area contributed by atoms with E-state index in [9.17, 15) is 24.5 Å². The topological polar surface area (TPSA) is 137 Å². The maximum absolute atomic E-state index is 12.1. The Balaban J connectivity index is 1.73. The second-order valence-corrected chi connectivity index (χ2v) is 7.15. The first-order chi connectivity index (χ1) is 15.2. The molecule has 10 nitrogen and oxygen atoms in total. The first kappa shape index (κ1) is 24.6. The van der Waals surface area contributed by atoms with Crippen molar-refractivity contribution in [1.29, 1.82) is 0 Å². The second kappa shape index (κ2) is 11.7. The Morgan fingerprint density at radius 2 is 1.81 bits per heavy atom. The molecule has 0 radical (unpaired) electrons. The molecule has 0 spiro atoms. The van der Waals surface area contributed by atoms with Crippen LogP contribution in [0.15, 0.2) is 36.4 Å². The number of anilines is 2. The SMILES string of the molecule is COc1ccc(Cl)cc1NC(=O)CCCC(=O)OCC(=O)Nc1ccc(C)c([N+](=O)[O-])c1. The maximum atomic E-state index is 12.1. The number of hydrogen-bond donors (Lipinski definition) is 2. The number of aryl methyl sites for hydroxylation is 1. The number of carbonyl (C=O) groups is 3. The lowest BCUT2D eigenvalue weighted by Crippen LogP contribution is -2.21. The Kier molecular flexibility index (Phi) is 8.96. The van der Waals surface area contributed by atoms with Crippen molar-refractivity contribution in [2.45, 2.75) is 26.2 Å². The molecule has 0 saturated carbocycles. The van der Waals surface area contributed by atoms with Gasteiger partial charge in [0.2, 0.25) is 5.91 Å². The Labute approximate surface area is 189 Å². The van der Waals surface area contributed by atoms with Gasteiger partial charge in [0.25, 0.3) is 11.6 Å². The van der Waals surface area contributed by atoms with Crippen LogP contribution in [0.5, 0.6) is 5.75 Å². The molecule has 11 heteroatoms. The molecular formula is C21H22ClN3O7. The van der Waals surface area contributed by atoms with Gasteiger partial charge < -0.3 is 20.1 Å². The van der Waals surface area contributed by atoms with Crippen LogP contribution in [0.2, 0.25) is 5.02 Å². The van der Waals surface area contributed by atoms with Gasteiger partial charge in [-0.2, -0.15) is 0 Å². The summed E-state index contributed by atoms with van der Waals surface area (Å²) in [5.74, 6) is -1.17. The van der Waals surface area contributed by atoms with Gasteiger partial charge in [0.1, 0.15) is 5.75 Å². The summed E-state index contributed by atoms with van der Waals surface area (Å²) in [5.41, 5.74) is 0.961. The fraction of sp³-hybridized carbons (Fsp3) is 0.286. The monoisotopic (exact) mass is 463 g/mol. The number of ether oxygens (including phenoxy) is 2. The molecule has 2 aromatic carbocycles. The standard InChI is InChI=1S/C21H22ClN3O7/c1-13-6-8-15(11-17(13)25(29)30)23-20(27)12-32-21(28)5-3-4-19(26)24-16-10-14(22)7-9-18(16)31-2/h6-11H,3-5,12H2,1-2H3,(H,23,27)(H,24,26). The zero-order chi connectivity index (χ0) is 23.7. The molecule has 0 bridgehead atoms. The minimum absolute atomic E-state index is 0.0456. The quantitative estimate of drug-likeness (QED) is 0.310. The lowest BCUT2D eigenvalue weighted by Gasteiger charge is -2.10. The first-order valence-electron chi connectivity index (χ1n) is 9.53. The molecule has 0 unspecified atom stereocenters. The first-order valence-corrected chi connectivity index (χ1v) is 9.91. The van der Waals surface area contributed by atoms with Gasteiger partial charge in [0.05, 0.1) is 17.7 Å². The molecule has 0 aliphatic carbocycles. The fourth-order valence-corrected chi connectivity index (χ4v) is 2.86. The molecule has 2 rings (SSSR count). The van der Waals surface area contributed by atoms with Gasteiger partial charge in [0, 0.05) is 35.2 Å². The van der Waals surface area contributed by atoms with Gasteiger partial charge in [-0.15, -0.1) is 0 Å². The summed E-state index contributed by atoms with van der Waals surface area (Å²) in [6, 6.07) is 9.03. The number of amides is 2. The summed E-state index contributed by atoms with van der Waals surface area (Å²) in [6.07, 6.45) is 0.187. The molecule has 2 aromatic rings. The summed E-state index contributed by atoms with van der Waals surface area (Å²) in [7, 11) is 1.46. The number of nitro benzene ring substituents is 1. The van der Waals surface area contributed by atoms with E-state index in [0.717, 1.165) is 0 Å². The van der Waals surface area contributed by atoms with Crippen molar-refractivity contribution in [3.8, 4) is 5.75 Å². The third kappa shape index (κ3) is 7.55. The number of carbonyl (C=O) groups excluding carboxylic acids is 3. The summed E-state index contributed by atoms with van der Waals surface area (Å²) in [5, 5.41) is 16.5. The van der Waals surface area contributed by atoms with Crippen LogP contribution in [-0.4, -0.2) is 36.4 Å². The minimum Gasteiger partial charge on any atom is -0.495 e. The number of nitro groups is 1. The number of nitrogens with zero attached hydrogens (tertiary/aromatic N) is 1. The van der Waals surface area contributed by atoms with E-state index in [0.29, 0.717) is 22.0 Å². The molecule has 0 heterocycles. The number of halogens is 1. The Morgan fingerprint density at radius 3 is 2.50 bits per heavy atom. The van der Waals surface area contributed by atoms with Crippen molar-refractivity contribution in [2.24, 2.45) is 0 Å². The van der Waals surface area contributed by atoms with Crippen molar-refractivity contribution < 1.29 is 28.8 Å². The highest BCUT2D eigenvalue weighted by molar-refractivity contribution is 6.31. The third-order valence-electron chi connectivity index (χ3n) is 4.27. The van der Waals surface area contributed by atoms with Gasteiger partial charge in [-0.3, -0.25) is 24.5 Å². The number of rotatable bonds is 10. The van der Waals surface area contributed by atoms with Gasteiger partial charge in [0.15, 0.2) is 6.61 Å². The van der Waals surface area contributed by atoms with E-state index in [2.05, 4.69) is 10.6 Å². The van der Waals surface area contributed by atoms with Crippen molar-refractivity contribution in [1.82, 2.24) is 0 Å². The number of hydrogen-bond acceptors (Lipinski definition) is 7. The normalized spacial score (nSPS) is 10.2. The van der Waals surface area contributed by atoms with E-state index < -0.39 is 23.4 Å². The molecule has 32 heavy (non-hydrogen) atoms. The molecule has 2 amide bonds. The Bertz CT molecular complexity index is 1030. The summed E-state index contributed by atoms with van der Waals surface area (Å²) >= 11 is 5.91. The van der Waals surface area contributed by atoms with Gasteiger partial charge in [-0.05, 0) is 37.6 Å². The average molecular weight is 464 g/mol. The van der Waals surface area contributed by atoms with Crippen LogP contribution in [0.1, 0.15) is 24.8 Å². The van der Waals surface area contributed by atoms with E-state index in [4.69, 9.17) is 21.1 Å². The summed E-state index contributed by atoms with van der Waals surface area (Å²) in [6.45, 7) is 1.03. The van der Waals surface area contributed by atoms with Crippen molar-refractivity contribution in [2.75, 3.05) is 24.4 Å². The number of methoxy groups -OCH3 is 1. The van der Waals surface area contributed by atoms with Crippen LogP contribution in [0.25, 0.3) is 0 Å². The predicted octanol–water partition coefficient (Wildman–Crippen LogP) is 3.86. The van der Waals surface area contributed by atoms with E-state index in [1.54, 1.807) is 25.1 Å². The van der Waals surface area contributed by atoms with Crippen molar-refractivity contribution >= 4 is 46.4 Å². The Morgan fingerprint density at radius 1 is 1.06 bits per heavy atom. The van der Waals surface area contributed by atoms with Crippen LogP contribution in [-0.2, 0) is 19.1 Å². The highest BCUT2D eigenvalue weighted by Gasteiger charge is 2.14. The molecule has 0 saturated heterocycles. The average Bonchev–Trinajstić information content (AvgIpc) is 2.73. The molecule has 0 atom stereocenters. The fourth-order valence-electron chi connectivity index (χ4n) is 2.68. The number of esters is 1. The van der Waals surface area contributed by atoms with E-state index in [1.165, 1.54) is 25.3 Å². The largest absolute Gasteiger partial charge is 0.495 e. The zero-order valence-electron chi connectivity index (χ0n) is 17.5. The van der Waals surface area contributed by atoms with Crippen LogP contribution < -0.4 is 15.4 Å². The predicted molar refractivity (Wildman–Crippen MR) is 118 cm³/mol. The van der Waals surface area contributed by atoms with Crippen LogP contribution in [0.3, 0.4) is 0 Å². The highest BCUT2D eigenvalue weighted by atomic mass is 35.5. The minimum atomic E-state index is -0.650. The summed E-state index contributed by atoms with van der Waals surface area (Å²) < 4.78 is 10.0. The Hall–Kier alpha value is -3.66. The van der Waals surface area contributed by atoms with Crippen LogP contribution in [0, 0.1) is 17.0 Å². The second-order valence-electron chi connectivity index (χ2n) is 6.71. The van der Waals surface area contributed by atoms with Gasteiger partial charge in [-0.25, -0.2) is 0 Å². The lowest BCUT2D eigenvalue weighted by molar-refractivity contribution is -0.385. The van der Waals surface area contributed by atoms with Crippen molar-refractivity contribution in [3.63, 3.8) is 0 Å². The van der Waals surface area contributed by atoms with Crippen molar-refractivity contribution in [3.05, 3.63) is 57.1 Å². The number of benzene rings is 2. The smallest absolute Gasteiger partial charge is 0.306 e. The molecule has 0 fully saturated rings.